The van der Waals surface area contributed by atoms with E-state index in [1.54, 1.807) is 49.6 Å². The Balaban J connectivity index is 1.18. The topological polar surface area (TPSA) is 109 Å². The Morgan fingerprint density at radius 3 is 2.32 bits per heavy atom. The zero-order valence-electron chi connectivity index (χ0n) is 23.8. The van der Waals surface area contributed by atoms with Crippen LogP contribution in [0, 0.1) is 0 Å². The monoisotopic (exact) mass is 640 g/mol. The van der Waals surface area contributed by atoms with Gasteiger partial charge in [-0.3, -0.25) is 14.4 Å². The summed E-state index contributed by atoms with van der Waals surface area (Å²) in [5.74, 6) is -0.229. The van der Waals surface area contributed by atoms with Gasteiger partial charge in [-0.2, -0.15) is 0 Å². The van der Waals surface area contributed by atoms with E-state index < -0.39 is 11.2 Å². The quantitative estimate of drug-likeness (QED) is 0.103. The first-order valence-electron chi connectivity index (χ1n) is 13.5. The summed E-state index contributed by atoms with van der Waals surface area (Å²) in [6, 6.07) is 27.2. The number of hydrogen-bond donors (Lipinski definition) is 3. The first-order chi connectivity index (χ1) is 21.4. The van der Waals surface area contributed by atoms with Gasteiger partial charge in [-0.1, -0.05) is 24.3 Å². The number of thiophene rings is 1. The van der Waals surface area contributed by atoms with Gasteiger partial charge in [0.05, 0.1) is 18.1 Å². The van der Waals surface area contributed by atoms with Crippen molar-refractivity contribution in [3.63, 3.8) is 0 Å². The maximum absolute atomic E-state index is 13.2. The van der Waals surface area contributed by atoms with E-state index in [4.69, 9.17) is 4.74 Å². The lowest BCUT2D eigenvalue weighted by atomic mass is 10.2. The van der Waals surface area contributed by atoms with Crippen LogP contribution in [0.4, 0.5) is 10.8 Å². The van der Waals surface area contributed by atoms with Gasteiger partial charge in [0.2, 0.25) is 5.91 Å². The fraction of sp³-hybridized carbons (Fsp3) is 0.0909. The van der Waals surface area contributed by atoms with Crippen LogP contribution >= 0.6 is 34.4 Å². The standard InChI is InChI=1S/C33H28N4O4S3/c1-21(30(38)37-33-36-29(20-43-33)22-10-14-25(41-2)15-11-22)44-26-16-12-24(13-17-26)34-32(40)28(19-27-9-6-18-42-27)35-31(39)23-7-4-3-5-8-23/h3-21H,1-2H3,(H,34,40)(H,35,39)(H,36,37,38)/b28-19-. The molecule has 1 unspecified atom stereocenters. The normalized spacial score (nSPS) is 11.8. The zero-order chi connectivity index (χ0) is 30.9. The molecule has 0 aliphatic rings. The summed E-state index contributed by atoms with van der Waals surface area (Å²) in [5, 5.41) is 12.4. The second-order valence-corrected chi connectivity index (χ2v) is 12.6. The van der Waals surface area contributed by atoms with Gasteiger partial charge in [-0.15, -0.1) is 34.4 Å². The number of hydrogen-bond acceptors (Lipinski definition) is 8. The lowest BCUT2D eigenvalue weighted by Gasteiger charge is -2.13. The van der Waals surface area contributed by atoms with Crippen LogP contribution in [-0.4, -0.2) is 35.1 Å². The van der Waals surface area contributed by atoms with Crippen LogP contribution in [0.15, 0.2) is 112 Å². The molecule has 0 saturated carbocycles. The molecule has 0 radical (unpaired) electrons. The number of ether oxygens (including phenoxy) is 1. The smallest absolute Gasteiger partial charge is 0.272 e. The van der Waals surface area contributed by atoms with Gasteiger partial charge in [-0.05, 0) is 85.1 Å². The molecule has 0 bridgehead atoms. The number of amides is 3. The molecule has 0 aliphatic heterocycles. The van der Waals surface area contributed by atoms with Crippen LogP contribution in [0.2, 0.25) is 0 Å². The van der Waals surface area contributed by atoms with Crippen molar-refractivity contribution in [3.8, 4) is 17.0 Å². The van der Waals surface area contributed by atoms with Crippen LogP contribution in [0.3, 0.4) is 0 Å². The maximum Gasteiger partial charge on any atom is 0.272 e. The molecule has 0 aliphatic carbocycles. The van der Waals surface area contributed by atoms with Crippen molar-refractivity contribution in [2.24, 2.45) is 0 Å². The number of nitrogens with one attached hydrogen (secondary N) is 3. The van der Waals surface area contributed by atoms with E-state index in [9.17, 15) is 14.4 Å². The fourth-order valence-electron chi connectivity index (χ4n) is 3.96. The summed E-state index contributed by atoms with van der Waals surface area (Å²) in [7, 11) is 1.62. The van der Waals surface area contributed by atoms with Crippen molar-refractivity contribution >= 4 is 69.1 Å². The molecule has 2 aromatic heterocycles. The Hall–Kier alpha value is -4.71. The molecule has 2 heterocycles. The highest BCUT2D eigenvalue weighted by molar-refractivity contribution is 8.00. The highest BCUT2D eigenvalue weighted by atomic mass is 32.2. The van der Waals surface area contributed by atoms with Crippen molar-refractivity contribution in [2.45, 2.75) is 17.1 Å². The average Bonchev–Trinajstić information content (AvgIpc) is 3.74. The van der Waals surface area contributed by atoms with Crippen LogP contribution in [0.1, 0.15) is 22.2 Å². The summed E-state index contributed by atoms with van der Waals surface area (Å²) in [6.07, 6.45) is 1.65. The number of carbonyl (C=O) groups excluding carboxylic acids is 3. The zero-order valence-corrected chi connectivity index (χ0v) is 26.2. The molecule has 5 aromatic rings. The number of benzene rings is 3. The molecule has 5 rings (SSSR count). The largest absolute Gasteiger partial charge is 0.497 e. The van der Waals surface area contributed by atoms with Crippen LogP contribution < -0.4 is 20.7 Å². The molecule has 44 heavy (non-hydrogen) atoms. The van der Waals surface area contributed by atoms with Gasteiger partial charge >= 0.3 is 0 Å². The van der Waals surface area contributed by atoms with E-state index in [0.29, 0.717) is 16.4 Å². The van der Waals surface area contributed by atoms with Gasteiger partial charge < -0.3 is 20.7 Å². The Kier molecular flexibility index (Phi) is 10.2. The Bertz CT molecular complexity index is 1750. The van der Waals surface area contributed by atoms with E-state index in [-0.39, 0.29) is 17.5 Å². The predicted octanol–water partition coefficient (Wildman–Crippen LogP) is 7.41. The third-order valence-corrected chi connectivity index (χ3v) is 8.96. The van der Waals surface area contributed by atoms with Crippen molar-refractivity contribution in [3.05, 3.63) is 118 Å². The number of thiazole rings is 1. The number of aromatic nitrogens is 1. The maximum atomic E-state index is 13.2. The van der Waals surface area contributed by atoms with Gasteiger partial charge in [0.1, 0.15) is 11.4 Å². The first kappa shape index (κ1) is 30.7. The minimum Gasteiger partial charge on any atom is -0.497 e. The highest BCUT2D eigenvalue weighted by Crippen LogP contribution is 2.29. The molecule has 11 heteroatoms. The molecule has 0 spiro atoms. The lowest BCUT2D eigenvalue weighted by Crippen LogP contribution is -2.30. The molecule has 0 fully saturated rings. The summed E-state index contributed by atoms with van der Waals surface area (Å²) < 4.78 is 5.20. The summed E-state index contributed by atoms with van der Waals surface area (Å²) in [6.45, 7) is 1.82. The number of rotatable bonds is 11. The predicted molar refractivity (Wildman–Crippen MR) is 179 cm³/mol. The number of methoxy groups -OCH3 is 1. The van der Waals surface area contributed by atoms with Crippen molar-refractivity contribution in [1.29, 1.82) is 0 Å². The van der Waals surface area contributed by atoms with Gasteiger partial charge in [0.15, 0.2) is 5.13 Å². The third kappa shape index (κ3) is 8.22. The van der Waals surface area contributed by atoms with E-state index >= 15 is 0 Å². The number of nitrogens with zero attached hydrogens (tertiary/aromatic N) is 1. The van der Waals surface area contributed by atoms with Crippen LogP contribution in [0.25, 0.3) is 17.3 Å². The Labute approximate surface area is 267 Å². The molecule has 3 N–H and O–H groups in total. The number of thioether (sulfide) groups is 1. The number of anilines is 2. The third-order valence-electron chi connectivity index (χ3n) is 6.27. The summed E-state index contributed by atoms with van der Waals surface area (Å²) in [5.41, 5.74) is 2.84. The van der Waals surface area contributed by atoms with Crippen molar-refractivity contribution < 1.29 is 19.1 Å². The second-order valence-electron chi connectivity index (χ2n) is 9.39. The van der Waals surface area contributed by atoms with Crippen LogP contribution in [0.5, 0.6) is 5.75 Å². The SMILES string of the molecule is COc1ccc(-c2csc(NC(=O)C(C)Sc3ccc(NC(=O)/C(=C/c4cccs4)NC(=O)c4ccccc4)cc3)n2)cc1. The van der Waals surface area contributed by atoms with Crippen molar-refractivity contribution in [2.75, 3.05) is 17.7 Å². The van der Waals surface area contributed by atoms with E-state index in [0.717, 1.165) is 26.8 Å². The fourth-order valence-corrected chi connectivity index (χ4v) is 6.21. The van der Waals surface area contributed by atoms with E-state index in [1.807, 2.05) is 72.3 Å². The van der Waals surface area contributed by atoms with Gasteiger partial charge in [-0.25, -0.2) is 4.98 Å². The van der Waals surface area contributed by atoms with Crippen LogP contribution in [-0.2, 0) is 9.59 Å². The Morgan fingerprint density at radius 2 is 1.64 bits per heavy atom. The molecule has 3 aromatic carbocycles. The summed E-state index contributed by atoms with van der Waals surface area (Å²) in [4.78, 5) is 45.1. The van der Waals surface area contributed by atoms with Gasteiger partial charge in [0.25, 0.3) is 11.8 Å². The molecule has 0 saturated heterocycles. The first-order valence-corrected chi connectivity index (χ1v) is 16.1. The Morgan fingerprint density at radius 1 is 0.886 bits per heavy atom. The molecule has 3 amide bonds. The molecule has 1 atom stereocenters. The minimum atomic E-state index is -0.451. The molecular weight excluding hydrogens is 613 g/mol. The molecular formula is C33H28N4O4S3. The van der Waals surface area contributed by atoms with Crippen molar-refractivity contribution in [1.82, 2.24) is 10.3 Å². The minimum absolute atomic E-state index is 0.127. The second kappa shape index (κ2) is 14.6. The molecule has 222 valence electrons. The summed E-state index contributed by atoms with van der Waals surface area (Å²) >= 11 is 4.22. The van der Waals surface area contributed by atoms with Gasteiger partial charge in [0, 0.05) is 32.0 Å². The van der Waals surface area contributed by atoms with E-state index in [1.165, 1.54) is 34.4 Å². The lowest BCUT2D eigenvalue weighted by molar-refractivity contribution is -0.115. The highest BCUT2D eigenvalue weighted by Gasteiger charge is 2.18. The van der Waals surface area contributed by atoms with E-state index in [2.05, 4.69) is 20.9 Å². The molecule has 8 nitrogen and oxygen atoms in total. The number of carbonyl (C=O) groups is 3. The average molecular weight is 641 g/mol.